The summed E-state index contributed by atoms with van der Waals surface area (Å²) in [4.78, 5) is 15.7. The minimum absolute atomic E-state index is 0.308. The fourth-order valence-electron chi connectivity index (χ4n) is 3.44. The molecule has 1 aromatic heterocycles. The zero-order valence-corrected chi connectivity index (χ0v) is 12.7. The first-order valence-electron chi connectivity index (χ1n) is 7.42. The summed E-state index contributed by atoms with van der Waals surface area (Å²) in [6.07, 6.45) is 3.53. The highest BCUT2D eigenvalue weighted by Crippen LogP contribution is 2.36. The molecule has 2 N–H and O–H groups in total. The normalized spacial score (nSPS) is 25.7. The van der Waals surface area contributed by atoms with E-state index >= 15 is 0 Å². The van der Waals surface area contributed by atoms with E-state index in [9.17, 15) is 9.90 Å². The summed E-state index contributed by atoms with van der Waals surface area (Å²) in [6, 6.07) is 2.21. The SMILES string of the molecule is CCC1CCC(Nc2cc(C)nc(C)c2C(=O)O)C1C. The number of hydrogen-bond acceptors (Lipinski definition) is 3. The molecular formula is C16H24N2O2. The third-order valence-electron chi connectivity index (χ3n) is 4.63. The van der Waals surface area contributed by atoms with E-state index < -0.39 is 5.97 Å². The van der Waals surface area contributed by atoms with Crippen LogP contribution in [-0.4, -0.2) is 22.1 Å². The molecule has 0 radical (unpaired) electrons. The summed E-state index contributed by atoms with van der Waals surface area (Å²) >= 11 is 0. The van der Waals surface area contributed by atoms with E-state index in [4.69, 9.17) is 0 Å². The number of nitrogens with one attached hydrogen (secondary N) is 1. The predicted octanol–water partition coefficient (Wildman–Crippen LogP) is 3.63. The van der Waals surface area contributed by atoms with Crippen LogP contribution in [0.2, 0.25) is 0 Å². The minimum atomic E-state index is -0.907. The first-order valence-corrected chi connectivity index (χ1v) is 7.42. The molecule has 1 heterocycles. The molecule has 0 bridgehead atoms. The van der Waals surface area contributed by atoms with Crippen molar-refractivity contribution >= 4 is 11.7 Å². The van der Waals surface area contributed by atoms with Gasteiger partial charge in [-0.25, -0.2) is 4.79 Å². The highest BCUT2D eigenvalue weighted by Gasteiger charge is 2.32. The van der Waals surface area contributed by atoms with E-state index in [1.807, 2.05) is 13.0 Å². The van der Waals surface area contributed by atoms with E-state index in [1.54, 1.807) is 6.92 Å². The number of anilines is 1. The quantitative estimate of drug-likeness (QED) is 0.881. The molecule has 0 aliphatic heterocycles. The monoisotopic (exact) mass is 276 g/mol. The van der Waals surface area contributed by atoms with Crippen molar-refractivity contribution in [1.82, 2.24) is 4.98 Å². The Morgan fingerprint density at radius 1 is 1.45 bits per heavy atom. The van der Waals surface area contributed by atoms with Crippen LogP contribution in [0, 0.1) is 25.7 Å². The topological polar surface area (TPSA) is 62.2 Å². The number of carboxylic acid groups (broad SMARTS) is 1. The van der Waals surface area contributed by atoms with E-state index in [2.05, 4.69) is 24.1 Å². The standard InChI is InChI=1S/C16H24N2O2/c1-5-12-6-7-13(10(12)3)18-14-8-9(2)17-11(4)15(14)16(19)20/h8,10,12-13H,5-7H2,1-4H3,(H,17,18)(H,19,20). The van der Waals surface area contributed by atoms with Gasteiger partial charge < -0.3 is 10.4 Å². The van der Waals surface area contributed by atoms with Gasteiger partial charge in [0.2, 0.25) is 0 Å². The van der Waals surface area contributed by atoms with Gasteiger partial charge in [0, 0.05) is 11.7 Å². The minimum Gasteiger partial charge on any atom is -0.478 e. The van der Waals surface area contributed by atoms with Crippen molar-refractivity contribution in [2.45, 2.75) is 53.0 Å². The van der Waals surface area contributed by atoms with Gasteiger partial charge in [0.1, 0.15) is 5.56 Å². The second-order valence-electron chi connectivity index (χ2n) is 5.93. The largest absolute Gasteiger partial charge is 0.478 e. The van der Waals surface area contributed by atoms with Gasteiger partial charge in [0.15, 0.2) is 0 Å². The van der Waals surface area contributed by atoms with Crippen LogP contribution >= 0.6 is 0 Å². The van der Waals surface area contributed by atoms with Crippen LogP contribution in [-0.2, 0) is 0 Å². The molecular weight excluding hydrogens is 252 g/mol. The maximum atomic E-state index is 11.4. The molecule has 0 spiro atoms. The third-order valence-corrected chi connectivity index (χ3v) is 4.63. The van der Waals surface area contributed by atoms with Gasteiger partial charge in [0.25, 0.3) is 0 Å². The van der Waals surface area contributed by atoms with E-state index in [0.29, 0.717) is 23.2 Å². The molecule has 0 amide bonds. The number of nitrogens with zero attached hydrogens (tertiary/aromatic N) is 1. The van der Waals surface area contributed by atoms with Crippen molar-refractivity contribution in [3.8, 4) is 0 Å². The Hall–Kier alpha value is -1.58. The Kier molecular flexibility index (Phi) is 4.31. The third kappa shape index (κ3) is 2.79. The fraction of sp³-hybridized carbons (Fsp3) is 0.625. The van der Waals surface area contributed by atoms with Crippen molar-refractivity contribution in [1.29, 1.82) is 0 Å². The molecule has 1 aromatic rings. The van der Waals surface area contributed by atoms with Crippen LogP contribution < -0.4 is 5.32 Å². The van der Waals surface area contributed by atoms with Crippen molar-refractivity contribution in [2.24, 2.45) is 11.8 Å². The average molecular weight is 276 g/mol. The lowest BCUT2D eigenvalue weighted by atomic mass is 9.93. The smallest absolute Gasteiger partial charge is 0.339 e. The zero-order chi connectivity index (χ0) is 14.9. The first-order chi connectivity index (χ1) is 9.43. The summed E-state index contributed by atoms with van der Waals surface area (Å²) in [5.41, 5.74) is 2.46. The Bertz CT molecular complexity index is 513. The number of carboxylic acids is 1. The summed E-state index contributed by atoms with van der Waals surface area (Å²) in [5, 5.41) is 12.9. The molecule has 3 atom stereocenters. The zero-order valence-electron chi connectivity index (χ0n) is 12.7. The number of rotatable bonds is 4. The maximum Gasteiger partial charge on any atom is 0.339 e. The van der Waals surface area contributed by atoms with Gasteiger partial charge in [-0.2, -0.15) is 0 Å². The Labute approximate surface area is 120 Å². The summed E-state index contributed by atoms with van der Waals surface area (Å²) in [7, 11) is 0. The van der Waals surface area contributed by atoms with E-state index in [0.717, 1.165) is 23.7 Å². The summed E-state index contributed by atoms with van der Waals surface area (Å²) in [6.45, 7) is 8.15. The molecule has 1 aliphatic carbocycles. The number of carbonyl (C=O) groups is 1. The van der Waals surface area contributed by atoms with Crippen LogP contribution in [0.3, 0.4) is 0 Å². The highest BCUT2D eigenvalue weighted by atomic mass is 16.4. The lowest BCUT2D eigenvalue weighted by molar-refractivity contribution is 0.0696. The van der Waals surface area contributed by atoms with Gasteiger partial charge in [-0.05, 0) is 44.6 Å². The van der Waals surface area contributed by atoms with E-state index in [1.165, 1.54) is 12.8 Å². The van der Waals surface area contributed by atoms with Crippen molar-refractivity contribution in [3.05, 3.63) is 23.0 Å². The molecule has 3 unspecified atom stereocenters. The Balaban J connectivity index is 2.27. The van der Waals surface area contributed by atoms with Gasteiger partial charge in [-0.3, -0.25) is 4.98 Å². The molecule has 110 valence electrons. The van der Waals surface area contributed by atoms with Gasteiger partial charge in [0.05, 0.1) is 11.4 Å². The molecule has 1 aliphatic rings. The van der Waals surface area contributed by atoms with Gasteiger partial charge in [-0.15, -0.1) is 0 Å². The molecule has 1 saturated carbocycles. The highest BCUT2D eigenvalue weighted by molar-refractivity contribution is 5.95. The lowest BCUT2D eigenvalue weighted by Crippen LogP contribution is -2.26. The van der Waals surface area contributed by atoms with Crippen molar-refractivity contribution in [3.63, 3.8) is 0 Å². The van der Waals surface area contributed by atoms with Gasteiger partial charge >= 0.3 is 5.97 Å². The number of hydrogen-bond donors (Lipinski definition) is 2. The first kappa shape index (κ1) is 14.8. The Morgan fingerprint density at radius 3 is 2.70 bits per heavy atom. The second-order valence-corrected chi connectivity index (χ2v) is 5.93. The molecule has 20 heavy (non-hydrogen) atoms. The van der Waals surface area contributed by atoms with Crippen LogP contribution in [0.1, 0.15) is 54.9 Å². The van der Waals surface area contributed by atoms with E-state index in [-0.39, 0.29) is 0 Å². The van der Waals surface area contributed by atoms with Crippen LogP contribution in [0.25, 0.3) is 0 Å². The Morgan fingerprint density at radius 2 is 2.15 bits per heavy atom. The number of aromatic carboxylic acids is 1. The van der Waals surface area contributed by atoms with Crippen LogP contribution in [0.4, 0.5) is 5.69 Å². The van der Waals surface area contributed by atoms with Crippen molar-refractivity contribution < 1.29 is 9.90 Å². The van der Waals surface area contributed by atoms with Crippen molar-refractivity contribution in [2.75, 3.05) is 5.32 Å². The molecule has 1 fully saturated rings. The van der Waals surface area contributed by atoms with Crippen LogP contribution in [0.5, 0.6) is 0 Å². The maximum absolute atomic E-state index is 11.4. The molecule has 4 nitrogen and oxygen atoms in total. The number of aromatic nitrogens is 1. The molecule has 2 rings (SSSR count). The lowest BCUT2D eigenvalue weighted by Gasteiger charge is -2.23. The number of aryl methyl sites for hydroxylation is 2. The van der Waals surface area contributed by atoms with Crippen LogP contribution in [0.15, 0.2) is 6.07 Å². The molecule has 4 heteroatoms. The average Bonchev–Trinajstić information content (AvgIpc) is 2.69. The predicted molar refractivity (Wildman–Crippen MR) is 80.3 cm³/mol. The fourth-order valence-corrected chi connectivity index (χ4v) is 3.44. The summed E-state index contributed by atoms with van der Waals surface area (Å²) < 4.78 is 0. The molecule has 0 aromatic carbocycles. The second kappa shape index (κ2) is 5.81. The number of pyridine rings is 1. The van der Waals surface area contributed by atoms with Gasteiger partial charge in [-0.1, -0.05) is 20.3 Å². The molecule has 0 saturated heterocycles. The summed E-state index contributed by atoms with van der Waals surface area (Å²) in [5.74, 6) is 0.412.